The van der Waals surface area contributed by atoms with Crippen LogP contribution in [-0.2, 0) is 0 Å². The Morgan fingerprint density at radius 3 is 1.12 bits per heavy atom. The molecule has 0 nitrogen and oxygen atoms in total. The first-order chi connectivity index (χ1) is 7.59. The van der Waals surface area contributed by atoms with Crippen LogP contribution < -0.4 is 0 Å². The minimum atomic E-state index is 0.214. The molecule has 0 bridgehead atoms. The molecule has 0 spiro atoms. The van der Waals surface area contributed by atoms with Crippen molar-refractivity contribution in [1.29, 1.82) is 0 Å². The molecule has 0 amide bonds. The largest absolute Gasteiger partial charge is 0.0774 e. The van der Waals surface area contributed by atoms with Crippen LogP contribution in [0.4, 0.5) is 0 Å². The fraction of sp³-hybridized carbons (Fsp3) is 0.857. The predicted octanol–water partition coefficient (Wildman–Crippen LogP) is 5.56. The fourth-order valence-electron chi connectivity index (χ4n) is 3.17. The maximum Gasteiger partial charge on any atom is -0.0200 e. The maximum absolute atomic E-state index is 2.67. The Labute approximate surface area is 104 Å². The Hall–Kier alpha value is 0.600. The molecule has 2 heteroatoms. The van der Waals surface area contributed by atoms with E-state index in [0.717, 1.165) is 22.6 Å². The number of rotatable bonds is 2. The van der Waals surface area contributed by atoms with Gasteiger partial charge in [0.2, 0.25) is 0 Å². The van der Waals surface area contributed by atoms with Crippen molar-refractivity contribution in [3.05, 3.63) is 11.6 Å². The van der Waals surface area contributed by atoms with Crippen molar-refractivity contribution >= 4 is 15.8 Å². The van der Waals surface area contributed by atoms with Gasteiger partial charge in [0.1, 0.15) is 0 Å². The number of hydrogen-bond donors (Lipinski definition) is 0. The molecule has 0 N–H and O–H groups in total. The van der Waals surface area contributed by atoms with Gasteiger partial charge in [-0.05, 0) is 48.3 Å². The molecule has 0 aliphatic carbocycles. The van der Waals surface area contributed by atoms with E-state index in [2.05, 4.69) is 39.3 Å². The lowest BCUT2D eigenvalue weighted by molar-refractivity contribution is 0.777. The van der Waals surface area contributed by atoms with E-state index in [0.29, 0.717) is 0 Å². The minimum Gasteiger partial charge on any atom is -0.0774 e. The van der Waals surface area contributed by atoms with Crippen LogP contribution >= 0.6 is 15.8 Å². The summed E-state index contributed by atoms with van der Waals surface area (Å²) in [6.07, 6.45) is 5.89. The lowest BCUT2D eigenvalue weighted by Gasteiger charge is -2.20. The van der Waals surface area contributed by atoms with Crippen molar-refractivity contribution in [3.63, 3.8) is 0 Å². The van der Waals surface area contributed by atoms with E-state index in [1.165, 1.54) is 25.7 Å². The summed E-state index contributed by atoms with van der Waals surface area (Å²) in [7, 11) is 0.428. The molecule has 16 heavy (non-hydrogen) atoms. The minimum absolute atomic E-state index is 0.214. The van der Waals surface area contributed by atoms with Gasteiger partial charge in [0.15, 0.2) is 0 Å². The molecule has 2 fully saturated rings. The normalized spacial score (nSPS) is 49.2. The topological polar surface area (TPSA) is 0 Å². The second kappa shape index (κ2) is 5.49. The fourth-order valence-corrected chi connectivity index (χ4v) is 9.11. The average molecular weight is 256 g/mol. The molecular weight excluding hydrogens is 230 g/mol. The zero-order valence-corrected chi connectivity index (χ0v) is 13.0. The van der Waals surface area contributed by atoms with Gasteiger partial charge in [0, 0.05) is 0 Å². The summed E-state index contributed by atoms with van der Waals surface area (Å²) in [5.41, 5.74) is 3.96. The van der Waals surface area contributed by atoms with E-state index in [1.807, 2.05) is 0 Å². The zero-order chi connectivity index (χ0) is 11.7. The molecule has 4 unspecified atom stereocenters. The summed E-state index contributed by atoms with van der Waals surface area (Å²) < 4.78 is 0. The van der Waals surface area contributed by atoms with Crippen molar-refractivity contribution in [2.45, 2.75) is 76.0 Å². The molecule has 2 aliphatic heterocycles. The first kappa shape index (κ1) is 13.0. The third-order valence-corrected chi connectivity index (χ3v) is 10.8. The van der Waals surface area contributed by atoms with Gasteiger partial charge >= 0.3 is 0 Å². The van der Waals surface area contributed by atoms with Crippen LogP contribution in [0.3, 0.4) is 0 Å². The molecule has 2 rings (SSSR count). The zero-order valence-electron chi connectivity index (χ0n) is 11.2. The highest BCUT2D eigenvalue weighted by atomic mass is 31.1. The summed E-state index contributed by atoms with van der Waals surface area (Å²) >= 11 is 0. The van der Waals surface area contributed by atoms with Gasteiger partial charge in [0.25, 0.3) is 0 Å². The molecule has 0 aromatic carbocycles. The molecule has 92 valence electrons. The molecule has 0 radical (unpaired) electrons. The maximum atomic E-state index is 2.67. The number of hydrogen-bond acceptors (Lipinski definition) is 0. The van der Waals surface area contributed by atoms with Gasteiger partial charge < -0.3 is 0 Å². The molecular formula is C14H26P2. The molecule has 0 saturated carbocycles. The molecule has 2 aliphatic rings. The lowest BCUT2D eigenvalue weighted by atomic mass is 10.2. The molecule has 2 saturated heterocycles. The van der Waals surface area contributed by atoms with E-state index in [9.17, 15) is 0 Å². The lowest BCUT2D eigenvalue weighted by Crippen LogP contribution is -1.95. The summed E-state index contributed by atoms with van der Waals surface area (Å²) in [6.45, 7) is 9.87. The van der Waals surface area contributed by atoms with E-state index >= 15 is 0 Å². The van der Waals surface area contributed by atoms with Gasteiger partial charge in [-0.15, -0.1) is 0 Å². The van der Waals surface area contributed by atoms with Crippen molar-refractivity contribution in [2.75, 3.05) is 0 Å². The monoisotopic (exact) mass is 256 g/mol. The average Bonchev–Trinajstić information content (AvgIpc) is 2.72. The van der Waals surface area contributed by atoms with Gasteiger partial charge in [0.05, 0.1) is 0 Å². The Bertz CT molecular complexity index is 215. The molecule has 4 atom stereocenters. The first-order valence-corrected chi connectivity index (χ1v) is 9.92. The first-order valence-electron chi connectivity index (χ1n) is 6.82. The van der Waals surface area contributed by atoms with E-state index in [-0.39, 0.29) is 15.8 Å². The van der Waals surface area contributed by atoms with Crippen molar-refractivity contribution in [2.24, 2.45) is 0 Å². The van der Waals surface area contributed by atoms with Crippen LogP contribution in [0.25, 0.3) is 0 Å². The smallest absolute Gasteiger partial charge is 0.0200 e. The molecule has 2 heterocycles. The van der Waals surface area contributed by atoms with E-state index in [4.69, 9.17) is 0 Å². The van der Waals surface area contributed by atoms with Gasteiger partial charge in [-0.1, -0.05) is 55.2 Å². The Morgan fingerprint density at radius 1 is 0.625 bits per heavy atom. The summed E-state index contributed by atoms with van der Waals surface area (Å²) in [5, 5.41) is 0. The van der Waals surface area contributed by atoms with Crippen molar-refractivity contribution in [3.8, 4) is 0 Å². The predicted molar refractivity (Wildman–Crippen MR) is 79.3 cm³/mol. The van der Waals surface area contributed by atoms with E-state index in [1.54, 1.807) is 0 Å². The van der Waals surface area contributed by atoms with Crippen LogP contribution in [0.5, 0.6) is 0 Å². The van der Waals surface area contributed by atoms with E-state index < -0.39 is 0 Å². The Balaban J connectivity index is 1.97. The SMILES string of the molecule is CC1CCC(C)P1C=CP1C(C)CCC1C. The molecule has 0 aromatic heterocycles. The van der Waals surface area contributed by atoms with Crippen LogP contribution in [0.2, 0.25) is 0 Å². The van der Waals surface area contributed by atoms with Gasteiger partial charge in [-0.3, -0.25) is 0 Å². The summed E-state index contributed by atoms with van der Waals surface area (Å²) in [4.78, 5) is 0. The van der Waals surface area contributed by atoms with Crippen LogP contribution in [0, 0.1) is 0 Å². The van der Waals surface area contributed by atoms with Crippen LogP contribution in [0.1, 0.15) is 53.4 Å². The van der Waals surface area contributed by atoms with Gasteiger partial charge in [-0.25, -0.2) is 0 Å². The Kier molecular flexibility index (Phi) is 4.48. The van der Waals surface area contributed by atoms with Crippen LogP contribution in [-0.4, -0.2) is 22.6 Å². The summed E-state index contributed by atoms with van der Waals surface area (Å²) in [5.74, 6) is 5.34. The third-order valence-electron chi connectivity index (χ3n) is 4.45. The second-order valence-corrected chi connectivity index (χ2v) is 11.7. The van der Waals surface area contributed by atoms with Crippen molar-refractivity contribution in [1.82, 2.24) is 0 Å². The van der Waals surface area contributed by atoms with Crippen molar-refractivity contribution < 1.29 is 0 Å². The Morgan fingerprint density at radius 2 is 0.875 bits per heavy atom. The third kappa shape index (κ3) is 2.70. The standard InChI is InChI=1S/C14H26P2/c1-11-5-6-12(2)15(11)9-10-16-13(3)7-8-14(16)4/h9-14H,5-8H2,1-4H3. The van der Waals surface area contributed by atoms with Gasteiger partial charge in [-0.2, -0.15) is 0 Å². The highest BCUT2D eigenvalue weighted by molar-refractivity contribution is 7.66. The summed E-state index contributed by atoms with van der Waals surface area (Å²) in [6, 6.07) is 0. The quantitative estimate of drug-likeness (QED) is 0.567. The second-order valence-electron chi connectivity index (χ2n) is 5.74. The molecule has 0 aromatic rings. The highest BCUT2D eigenvalue weighted by Crippen LogP contribution is 2.61. The van der Waals surface area contributed by atoms with Crippen LogP contribution in [0.15, 0.2) is 11.6 Å². The highest BCUT2D eigenvalue weighted by Gasteiger charge is 2.30.